The van der Waals surface area contributed by atoms with Crippen molar-refractivity contribution in [1.82, 2.24) is 19.9 Å². The smallest absolute Gasteiger partial charge is 0.228 e. The molecule has 20 heavy (non-hydrogen) atoms. The Labute approximate surface area is 118 Å². The summed E-state index contributed by atoms with van der Waals surface area (Å²) in [5.74, 6) is 0.171. The first-order valence-electron chi connectivity index (χ1n) is 7.07. The van der Waals surface area contributed by atoms with Crippen LogP contribution < -0.4 is 0 Å². The van der Waals surface area contributed by atoms with Crippen LogP contribution in [0.3, 0.4) is 0 Å². The summed E-state index contributed by atoms with van der Waals surface area (Å²) in [6.45, 7) is 1.76. The number of piperidine rings is 1. The van der Waals surface area contributed by atoms with Gasteiger partial charge in [-0.1, -0.05) is 23.4 Å². The number of nitrogens with zero attached hydrogens (tertiary/aromatic N) is 4. The van der Waals surface area contributed by atoms with Crippen LogP contribution in [0.4, 0.5) is 0 Å². The summed E-state index contributed by atoms with van der Waals surface area (Å²) in [7, 11) is 0. The molecule has 5 nitrogen and oxygen atoms in total. The Morgan fingerprint density at radius 2 is 1.85 bits per heavy atom. The normalized spacial score (nSPS) is 15.3. The third kappa shape index (κ3) is 2.71. The van der Waals surface area contributed by atoms with Crippen molar-refractivity contribution in [2.45, 2.75) is 25.7 Å². The van der Waals surface area contributed by atoms with E-state index in [1.54, 1.807) is 10.9 Å². The van der Waals surface area contributed by atoms with Crippen molar-refractivity contribution in [3.05, 3.63) is 42.2 Å². The van der Waals surface area contributed by atoms with Crippen molar-refractivity contribution in [2.75, 3.05) is 13.1 Å². The van der Waals surface area contributed by atoms with E-state index in [2.05, 4.69) is 10.3 Å². The molecule has 5 heteroatoms. The van der Waals surface area contributed by atoms with Crippen LogP contribution in [0.1, 0.15) is 25.0 Å². The lowest BCUT2D eigenvalue weighted by molar-refractivity contribution is -0.131. The van der Waals surface area contributed by atoms with Crippen LogP contribution in [0.25, 0.3) is 5.69 Å². The highest BCUT2D eigenvalue weighted by Gasteiger charge is 2.19. The summed E-state index contributed by atoms with van der Waals surface area (Å²) >= 11 is 0. The van der Waals surface area contributed by atoms with Gasteiger partial charge in [-0.05, 0) is 31.4 Å². The Morgan fingerprint density at radius 3 is 2.60 bits per heavy atom. The van der Waals surface area contributed by atoms with Crippen LogP contribution in [-0.4, -0.2) is 38.9 Å². The number of rotatable bonds is 3. The maximum absolute atomic E-state index is 12.3. The molecule has 1 saturated heterocycles. The van der Waals surface area contributed by atoms with Gasteiger partial charge in [-0.15, -0.1) is 5.10 Å². The van der Waals surface area contributed by atoms with Crippen LogP contribution in [0.5, 0.6) is 0 Å². The lowest BCUT2D eigenvalue weighted by atomic mass is 10.1. The number of carbonyl (C=O) groups is 1. The van der Waals surface area contributed by atoms with Gasteiger partial charge in [0.15, 0.2) is 0 Å². The van der Waals surface area contributed by atoms with Gasteiger partial charge in [-0.3, -0.25) is 4.79 Å². The summed E-state index contributed by atoms with van der Waals surface area (Å²) < 4.78 is 1.74. The SMILES string of the molecule is O=C(Cc1cnnn1-c1ccccc1)N1CCCCC1. The van der Waals surface area contributed by atoms with E-state index in [1.807, 2.05) is 35.2 Å². The Morgan fingerprint density at radius 1 is 1.10 bits per heavy atom. The molecule has 104 valence electrons. The average Bonchev–Trinajstić information content (AvgIpc) is 2.97. The van der Waals surface area contributed by atoms with Crippen molar-refractivity contribution in [3.8, 4) is 5.69 Å². The molecule has 2 heterocycles. The lowest BCUT2D eigenvalue weighted by Crippen LogP contribution is -2.36. The van der Waals surface area contributed by atoms with E-state index >= 15 is 0 Å². The van der Waals surface area contributed by atoms with Crippen LogP contribution >= 0.6 is 0 Å². The molecule has 0 atom stereocenters. The number of aromatic nitrogens is 3. The van der Waals surface area contributed by atoms with Gasteiger partial charge in [0.05, 0.1) is 24.0 Å². The second kappa shape index (κ2) is 5.86. The van der Waals surface area contributed by atoms with E-state index in [0.717, 1.165) is 37.3 Å². The number of amides is 1. The maximum atomic E-state index is 12.3. The van der Waals surface area contributed by atoms with Crippen molar-refractivity contribution in [1.29, 1.82) is 0 Å². The van der Waals surface area contributed by atoms with Gasteiger partial charge in [0.1, 0.15) is 0 Å². The highest BCUT2D eigenvalue weighted by atomic mass is 16.2. The third-order valence-corrected chi connectivity index (χ3v) is 3.66. The fourth-order valence-corrected chi connectivity index (χ4v) is 2.57. The van der Waals surface area contributed by atoms with Crippen LogP contribution in [-0.2, 0) is 11.2 Å². The quantitative estimate of drug-likeness (QED) is 0.855. The molecule has 1 aromatic heterocycles. The Balaban J connectivity index is 1.75. The van der Waals surface area contributed by atoms with Gasteiger partial charge in [-0.2, -0.15) is 0 Å². The van der Waals surface area contributed by atoms with Crippen LogP contribution in [0.2, 0.25) is 0 Å². The minimum absolute atomic E-state index is 0.171. The molecule has 1 aliphatic rings. The van der Waals surface area contributed by atoms with Crippen LogP contribution in [0, 0.1) is 0 Å². The highest BCUT2D eigenvalue weighted by molar-refractivity contribution is 5.78. The number of hydrogen-bond acceptors (Lipinski definition) is 3. The van der Waals surface area contributed by atoms with E-state index in [4.69, 9.17) is 0 Å². The van der Waals surface area contributed by atoms with Crippen molar-refractivity contribution in [2.24, 2.45) is 0 Å². The van der Waals surface area contributed by atoms with E-state index in [1.165, 1.54) is 6.42 Å². The summed E-state index contributed by atoms with van der Waals surface area (Å²) in [6, 6.07) is 9.78. The number of benzene rings is 1. The molecule has 0 bridgehead atoms. The van der Waals surface area contributed by atoms with E-state index in [0.29, 0.717) is 6.42 Å². The molecular formula is C15H18N4O. The molecule has 1 aliphatic heterocycles. The molecule has 1 amide bonds. The second-order valence-corrected chi connectivity index (χ2v) is 5.09. The molecule has 2 aromatic rings. The molecule has 1 aromatic carbocycles. The molecule has 0 N–H and O–H groups in total. The molecule has 0 unspecified atom stereocenters. The number of hydrogen-bond donors (Lipinski definition) is 0. The van der Waals surface area contributed by atoms with E-state index in [9.17, 15) is 4.79 Å². The lowest BCUT2D eigenvalue weighted by Gasteiger charge is -2.26. The Kier molecular flexibility index (Phi) is 3.76. The van der Waals surface area contributed by atoms with Gasteiger partial charge >= 0.3 is 0 Å². The molecular weight excluding hydrogens is 252 g/mol. The zero-order valence-corrected chi connectivity index (χ0v) is 11.4. The second-order valence-electron chi connectivity index (χ2n) is 5.09. The third-order valence-electron chi connectivity index (χ3n) is 3.66. The highest BCUT2D eigenvalue weighted by Crippen LogP contribution is 2.13. The Hall–Kier alpha value is -2.17. The number of likely N-dealkylation sites (tertiary alicyclic amines) is 1. The first-order valence-corrected chi connectivity index (χ1v) is 7.07. The average molecular weight is 270 g/mol. The van der Waals surface area contributed by atoms with E-state index < -0.39 is 0 Å². The molecule has 3 rings (SSSR count). The van der Waals surface area contributed by atoms with Crippen molar-refractivity contribution < 1.29 is 4.79 Å². The van der Waals surface area contributed by atoms with Gasteiger partial charge in [0.2, 0.25) is 5.91 Å². The maximum Gasteiger partial charge on any atom is 0.228 e. The predicted octanol–water partition coefficient (Wildman–Crippen LogP) is 1.82. The number of carbonyl (C=O) groups excluding carboxylic acids is 1. The van der Waals surface area contributed by atoms with Gasteiger partial charge in [0, 0.05) is 13.1 Å². The van der Waals surface area contributed by atoms with E-state index in [-0.39, 0.29) is 5.91 Å². The summed E-state index contributed by atoms with van der Waals surface area (Å²) in [6.07, 6.45) is 5.49. The largest absolute Gasteiger partial charge is 0.342 e. The zero-order chi connectivity index (χ0) is 13.8. The fraction of sp³-hybridized carbons (Fsp3) is 0.400. The minimum atomic E-state index is 0.171. The minimum Gasteiger partial charge on any atom is -0.342 e. The first-order chi connectivity index (χ1) is 9.84. The Bertz CT molecular complexity index is 573. The standard InChI is InChI=1S/C15H18N4O/c20-15(18-9-5-2-6-10-18)11-14-12-16-17-19(14)13-7-3-1-4-8-13/h1,3-4,7-8,12H,2,5-6,9-11H2. The van der Waals surface area contributed by atoms with Crippen molar-refractivity contribution in [3.63, 3.8) is 0 Å². The fourth-order valence-electron chi connectivity index (χ4n) is 2.57. The summed E-state index contributed by atoms with van der Waals surface area (Å²) in [4.78, 5) is 14.3. The predicted molar refractivity (Wildman–Crippen MR) is 75.5 cm³/mol. The topological polar surface area (TPSA) is 51.0 Å². The molecule has 0 aliphatic carbocycles. The van der Waals surface area contributed by atoms with Crippen molar-refractivity contribution >= 4 is 5.91 Å². The van der Waals surface area contributed by atoms with Gasteiger partial charge in [-0.25, -0.2) is 4.68 Å². The van der Waals surface area contributed by atoms with Crippen LogP contribution in [0.15, 0.2) is 36.5 Å². The first kappa shape index (κ1) is 12.8. The zero-order valence-electron chi connectivity index (χ0n) is 11.4. The monoisotopic (exact) mass is 270 g/mol. The molecule has 0 saturated carbocycles. The number of para-hydroxylation sites is 1. The van der Waals surface area contributed by atoms with Gasteiger partial charge in [0.25, 0.3) is 0 Å². The molecule has 1 fully saturated rings. The summed E-state index contributed by atoms with van der Waals surface area (Å²) in [5, 5.41) is 8.02. The molecule has 0 spiro atoms. The summed E-state index contributed by atoms with van der Waals surface area (Å²) in [5.41, 5.74) is 1.78. The van der Waals surface area contributed by atoms with Gasteiger partial charge < -0.3 is 4.90 Å². The molecule has 0 radical (unpaired) electrons.